The molecule has 2 N–H and O–H groups in total. The zero-order valence-corrected chi connectivity index (χ0v) is 9.17. The summed E-state index contributed by atoms with van der Waals surface area (Å²) in [6.07, 6.45) is 3.96. The molecule has 0 saturated heterocycles. The van der Waals surface area contributed by atoms with E-state index < -0.39 is 0 Å². The van der Waals surface area contributed by atoms with Gasteiger partial charge in [0.25, 0.3) is 0 Å². The van der Waals surface area contributed by atoms with Gasteiger partial charge in [0.15, 0.2) is 0 Å². The molecule has 0 aliphatic rings. The first-order valence-corrected chi connectivity index (χ1v) is 5.19. The molecule has 78 valence electrons. The first-order valence-electron chi connectivity index (χ1n) is 5.19. The fraction of sp³-hybridized carbons (Fsp3) is 0.231. The van der Waals surface area contributed by atoms with Gasteiger partial charge in [-0.1, -0.05) is 12.1 Å². The van der Waals surface area contributed by atoms with Gasteiger partial charge in [0, 0.05) is 24.6 Å². The van der Waals surface area contributed by atoms with Crippen molar-refractivity contribution < 1.29 is 0 Å². The van der Waals surface area contributed by atoms with Crippen molar-refractivity contribution in [3.63, 3.8) is 0 Å². The highest BCUT2D eigenvalue weighted by molar-refractivity contribution is 5.53. The lowest BCUT2D eigenvalue weighted by Gasteiger charge is -2.10. The van der Waals surface area contributed by atoms with Crippen LogP contribution >= 0.6 is 0 Å². The Morgan fingerprint density at radius 3 is 2.80 bits per heavy atom. The molecule has 0 spiro atoms. The van der Waals surface area contributed by atoms with Crippen LogP contribution in [-0.4, -0.2) is 4.98 Å². The first-order chi connectivity index (χ1) is 7.27. The van der Waals surface area contributed by atoms with E-state index in [4.69, 9.17) is 0 Å². The molecule has 0 amide bonds. The third kappa shape index (κ3) is 2.21. The fourth-order valence-corrected chi connectivity index (χ4v) is 1.61. The van der Waals surface area contributed by atoms with Crippen LogP contribution in [0, 0.1) is 13.8 Å². The van der Waals surface area contributed by atoms with E-state index in [0.717, 1.165) is 6.54 Å². The topological polar surface area (TPSA) is 27.8 Å². The summed E-state index contributed by atoms with van der Waals surface area (Å²) in [5, 5.41) is 3.44. The lowest BCUT2D eigenvalue weighted by molar-refractivity contribution is 1.14. The van der Waals surface area contributed by atoms with Crippen molar-refractivity contribution in [2.75, 3.05) is 5.32 Å². The maximum Gasteiger partial charge on any atom is 0.0415 e. The van der Waals surface area contributed by atoms with Gasteiger partial charge in [-0.25, -0.2) is 0 Å². The maximum absolute atomic E-state index is 3.44. The summed E-state index contributed by atoms with van der Waals surface area (Å²) in [7, 11) is 0. The summed E-state index contributed by atoms with van der Waals surface area (Å²) in [5.74, 6) is 0. The number of rotatable bonds is 3. The van der Waals surface area contributed by atoms with Crippen LogP contribution in [0.3, 0.4) is 0 Å². The van der Waals surface area contributed by atoms with Gasteiger partial charge < -0.3 is 10.3 Å². The van der Waals surface area contributed by atoms with Crippen molar-refractivity contribution in [3.05, 3.63) is 53.3 Å². The molecule has 1 aromatic heterocycles. The number of aryl methyl sites for hydroxylation is 1. The van der Waals surface area contributed by atoms with E-state index in [1.165, 1.54) is 22.4 Å². The van der Waals surface area contributed by atoms with Crippen molar-refractivity contribution in [2.45, 2.75) is 20.4 Å². The molecule has 0 radical (unpaired) electrons. The second-order valence-electron chi connectivity index (χ2n) is 3.82. The minimum Gasteiger partial charge on any atom is -0.381 e. The normalized spacial score (nSPS) is 10.3. The van der Waals surface area contributed by atoms with Gasteiger partial charge in [-0.15, -0.1) is 0 Å². The molecule has 2 nitrogen and oxygen atoms in total. The van der Waals surface area contributed by atoms with E-state index in [1.807, 2.05) is 12.4 Å². The number of aromatic nitrogens is 1. The predicted molar refractivity (Wildman–Crippen MR) is 64.0 cm³/mol. The van der Waals surface area contributed by atoms with Gasteiger partial charge in [-0.05, 0) is 42.7 Å². The van der Waals surface area contributed by atoms with E-state index >= 15 is 0 Å². The highest BCUT2D eigenvalue weighted by Crippen LogP contribution is 2.18. The molecule has 0 unspecified atom stereocenters. The summed E-state index contributed by atoms with van der Waals surface area (Å²) < 4.78 is 0. The zero-order chi connectivity index (χ0) is 10.7. The minimum atomic E-state index is 0.869. The smallest absolute Gasteiger partial charge is 0.0415 e. The summed E-state index contributed by atoms with van der Waals surface area (Å²) in [5.41, 5.74) is 5.15. The Morgan fingerprint density at radius 1 is 1.20 bits per heavy atom. The molecule has 2 rings (SSSR count). The molecule has 0 aliphatic carbocycles. The van der Waals surface area contributed by atoms with Gasteiger partial charge >= 0.3 is 0 Å². The Kier molecular flexibility index (Phi) is 2.77. The number of aromatic amines is 1. The molecule has 0 atom stereocenters. The summed E-state index contributed by atoms with van der Waals surface area (Å²) in [4.78, 5) is 3.05. The average molecular weight is 200 g/mol. The highest BCUT2D eigenvalue weighted by Gasteiger charge is 1.99. The van der Waals surface area contributed by atoms with Gasteiger partial charge in [-0.2, -0.15) is 0 Å². The van der Waals surface area contributed by atoms with E-state index in [1.54, 1.807) is 0 Å². The van der Waals surface area contributed by atoms with Crippen LogP contribution in [-0.2, 0) is 6.54 Å². The Bertz CT molecular complexity index is 430. The van der Waals surface area contributed by atoms with Gasteiger partial charge in [-0.3, -0.25) is 0 Å². The summed E-state index contributed by atoms with van der Waals surface area (Å²) >= 11 is 0. The monoisotopic (exact) mass is 200 g/mol. The van der Waals surface area contributed by atoms with Gasteiger partial charge in [0.2, 0.25) is 0 Å². The lowest BCUT2D eigenvalue weighted by atomic mass is 10.1. The number of H-pyrrole nitrogens is 1. The van der Waals surface area contributed by atoms with Gasteiger partial charge in [0.05, 0.1) is 0 Å². The molecule has 0 saturated carbocycles. The average Bonchev–Trinajstić information content (AvgIpc) is 2.73. The number of anilines is 1. The van der Waals surface area contributed by atoms with Crippen LogP contribution in [0.15, 0.2) is 36.7 Å². The quantitative estimate of drug-likeness (QED) is 0.782. The molecule has 1 aromatic carbocycles. The van der Waals surface area contributed by atoms with Crippen LogP contribution in [0.5, 0.6) is 0 Å². The van der Waals surface area contributed by atoms with Crippen molar-refractivity contribution in [1.82, 2.24) is 4.98 Å². The molecule has 0 fully saturated rings. The van der Waals surface area contributed by atoms with Crippen LogP contribution in [0.2, 0.25) is 0 Å². The number of nitrogens with one attached hydrogen (secondary N) is 2. The summed E-state index contributed by atoms with van der Waals surface area (Å²) in [6.45, 7) is 5.15. The van der Waals surface area contributed by atoms with E-state index in [-0.39, 0.29) is 0 Å². The Balaban J connectivity index is 2.08. The van der Waals surface area contributed by atoms with Crippen molar-refractivity contribution in [2.24, 2.45) is 0 Å². The number of hydrogen-bond donors (Lipinski definition) is 2. The molecule has 2 heteroatoms. The molecule has 2 aromatic rings. The Labute approximate surface area is 90.3 Å². The maximum atomic E-state index is 3.44. The molecular weight excluding hydrogens is 184 g/mol. The van der Waals surface area contributed by atoms with Crippen LogP contribution in [0.25, 0.3) is 0 Å². The molecule has 15 heavy (non-hydrogen) atoms. The largest absolute Gasteiger partial charge is 0.381 e. The highest BCUT2D eigenvalue weighted by atomic mass is 14.9. The molecule has 0 aliphatic heterocycles. The zero-order valence-electron chi connectivity index (χ0n) is 9.17. The Hall–Kier alpha value is -1.70. The summed E-state index contributed by atoms with van der Waals surface area (Å²) in [6, 6.07) is 8.42. The third-order valence-electron chi connectivity index (χ3n) is 2.75. The Morgan fingerprint density at radius 2 is 2.07 bits per heavy atom. The fourth-order valence-electron chi connectivity index (χ4n) is 1.61. The molecule has 1 heterocycles. The van der Waals surface area contributed by atoms with Crippen LogP contribution in [0.1, 0.15) is 16.7 Å². The second-order valence-corrected chi connectivity index (χ2v) is 3.82. The van der Waals surface area contributed by atoms with Crippen LogP contribution in [0.4, 0.5) is 5.69 Å². The second kappa shape index (κ2) is 4.22. The number of benzene rings is 1. The van der Waals surface area contributed by atoms with E-state index in [0.29, 0.717) is 0 Å². The van der Waals surface area contributed by atoms with E-state index in [9.17, 15) is 0 Å². The van der Waals surface area contributed by atoms with Crippen molar-refractivity contribution in [1.29, 1.82) is 0 Å². The predicted octanol–water partition coefficient (Wildman–Crippen LogP) is 3.24. The van der Waals surface area contributed by atoms with E-state index in [2.05, 4.69) is 48.4 Å². The SMILES string of the molecule is Cc1cccc(NCc2cc[nH]c2)c1C. The number of hydrogen-bond acceptors (Lipinski definition) is 1. The first kappa shape index (κ1) is 9.84. The third-order valence-corrected chi connectivity index (χ3v) is 2.75. The molecular formula is C13H16N2. The van der Waals surface area contributed by atoms with Gasteiger partial charge in [0.1, 0.15) is 0 Å². The minimum absolute atomic E-state index is 0.869. The standard InChI is InChI=1S/C13H16N2/c1-10-4-3-5-13(11(10)2)15-9-12-6-7-14-8-12/h3-8,14-15H,9H2,1-2H3. The van der Waals surface area contributed by atoms with Crippen molar-refractivity contribution >= 4 is 5.69 Å². The lowest BCUT2D eigenvalue weighted by Crippen LogP contribution is -2.00. The van der Waals surface area contributed by atoms with Crippen LogP contribution < -0.4 is 5.32 Å². The van der Waals surface area contributed by atoms with Crippen molar-refractivity contribution in [3.8, 4) is 0 Å². The molecule has 0 bridgehead atoms.